The summed E-state index contributed by atoms with van der Waals surface area (Å²) in [5.41, 5.74) is -2.54. The second-order valence-corrected chi connectivity index (χ2v) is 7.62. The Morgan fingerprint density at radius 1 is 0.743 bits per heavy atom. The molecule has 2 aromatic rings. The molecule has 0 saturated heterocycles. The van der Waals surface area contributed by atoms with Gasteiger partial charge in [0, 0.05) is 39.9 Å². The number of aryl methyl sites for hydroxylation is 1. The number of rotatable bonds is 5. The molecule has 4 rings (SSSR count). The summed E-state index contributed by atoms with van der Waals surface area (Å²) < 4.78 is 82.6. The molecule has 2 aliphatic rings. The summed E-state index contributed by atoms with van der Waals surface area (Å²) in [6.07, 6.45) is -10.8. The molecule has 1 aliphatic heterocycles. The summed E-state index contributed by atoms with van der Waals surface area (Å²) in [4.78, 5) is 24.8. The Hall–Kier alpha value is -3.95. The molecule has 0 amide bonds. The molecule has 0 bridgehead atoms. The number of nitrogens with zero attached hydrogens (tertiary/aromatic N) is 2. The van der Waals surface area contributed by atoms with Crippen LogP contribution in [0, 0.1) is 0 Å². The topological polar surface area (TPSA) is 52.0 Å². The number of alkyl halides is 6. The van der Waals surface area contributed by atoms with Gasteiger partial charge in [0.25, 0.3) is 11.6 Å². The third kappa shape index (κ3) is 4.31. The summed E-state index contributed by atoms with van der Waals surface area (Å²) in [7, 11) is 0. The van der Waals surface area contributed by atoms with Crippen LogP contribution in [0.3, 0.4) is 0 Å². The van der Waals surface area contributed by atoms with Gasteiger partial charge in [-0.3, -0.25) is 14.3 Å². The van der Waals surface area contributed by atoms with Gasteiger partial charge < -0.3 is 0 Å². The van der Waals surface area contributed by atoms with Crippen LogP contribution < -0.4 is 0 Å². The highest BCUT2D eigenvalue weighted by atomic mass is 19.4. The minimum atomic E-state index is -5.39. The van der Waals surface area contributed by atoms with E-state index in [1.165, 1.54) is 28.9 Å². The van der Waals surface area contributed by atoms with Crippen LogP contribution in [0.25, 0.3) is 33.6 Å². The first-order valence-corrected chi connectivity index (χ1v) is 10.4. The molecule has 1 aliphatic carbocycles. The molecule has 35 heavy (non-hydrogen) atoms. The van der Waals surface area contributed by atoms with E-state index in [-0.39, 0.29) is 23.5 Å². The molecule has 0 unspecified atom stereocenters. The lowest BCUT2D eigenvalue weighted by molar-refractivity contribution is -0.0885. The smallest absolute Gasteiger partial charge is 0.284 e. The van der Waals surface area contributed by atoms with Gasteiger partial charge in [-0.15, -0.1) is 0 Å². The first kappa shape index (κ1) is 24.2. The van der Waals surface area contributed by atoms with Crippen molar-refractivity contribution in [2.75, 3.05) is 0 Å². The van der Waals surface area contributed by atoms with Gasteiger partial charge in [0.2, 0.25) is 0 Å². The largest absolute Gasteiger partial charge is 0.454 e. The normalized spacial score (nSPS) is 12.2. The maximum absolute atomic E-state index is 13.6. The second kappa shape index (κ2) is 8.68. The molecule has 0 saturated carbocycles. The zero-order valence-corrected chi connectivity index (χ0v) is 18.0. The van der Waals surface area contributed by atoms with Crippen molar-refractivity contribution in [2.45, 2.75) is 25.8 Å². The van der Waals surface area contributed by atoms with Crippen molar-refractivity contribution in [3.05, 3.63) is 77.9 Å². The number of benzene rings is 2. The number of carbonyl (C=O) groups excluding carboxylic acids is 2. The number of halogens is 6. The van der Waals surface area contributed by atoms with Crippen LogP contribution in [0.1, 0.15) is 27.6 Å². The molecule has 2 aromatic carbocycles. The maximum atomic E-state index is 13.6. The van der Waals surface area contributed by atoms with Crippen LogP contribution in [0.15, 0.2) is 66.7 Å². The van der Waals surface area contributed by atoms with Gasteiger partial charge in [-0.05, 0) is 13.0 Å². The Kier molecular flexibility index (Phi) is 6.00. The van der Waals surface area contributed by atoms with Crippen molar-refractivity contribution in [2.24, 2.45) is 0 Å². The summed E-state index contributed by atoms with van der Waals surface area (Å²) >= 11 is 0. The zero-order valence-electron chi connectivity index (χ0n) is 18.0. The first-order valence-electron chi connectivity index (χ1n) is 10.4. The van der Waals surface area contributed by atoms with E-state index >= 15 is 0 Å². The van der Waals surface area contributed by atoms with Crippen molar-refractivity contribution in [1.29, 1.82) is 0 Å². The number of fused-ring (bicyclic) bond motifs is 1. The van der Waals surface area contributed by atoms with E-state index < -0.39 is 46.2 Å². The average molecular weight is 490 g/mol. The molecular formula is C25H16F6N2O2. The molecule has 0 aromatic heterocycles. The monoisotopic (exact) mass is 490 g/mol. The number of aromatic nitrogens is 2. The van der Waals surface area contributed by atoms with E-state index in [1.807, 2.05) is 0 Å². The lowest BCUT2D eigenvalue weighted by Crippen LogP contribution is -2.23. The van der Waals surface area contributed by atoms with Crippen LogP contribution >= 0.6 is 0 Å². The second-order valence-electron chi connectivity index (χ2n) is 7.62. The molecule has 180 valence electrons. The average Bonchev–Trinajstić information content (AvgIpc) is 3.21. The molecule has 4 nitrogen and oxygen atoms in total. The first-order chi connectivity index (χ1) is 16.4. The fraction of sp³-hybridized carbons (Fsp3) is 0.160. The van der Waals surface area contributed by atoms with Crippen molar-refractivity contribution in [1.82, 2.24) is 9.78 Å². The third-order valence-electron chi connectivity index (χ3n) is 5.43. The quantitative estimate of drug-likeness (QED) is 0.228. The maximum Gasteiger partial charge on any atom is 0.454 e. The van der Waals surface area contributed by atoms with Gasteiger partial charge in [-0.1, -0.05) is 60.7 Å². The van der Waals surface area contributed by atoms with E-state index in [0.29, 0.717) is 11.6 Å². The van der Waals surface area contributed by atoms with Gasteiger partial charge in [0.15, 0.2) is 0 Å². The number of hydrogen-bond acceptors (Lipinski definition) is 3. The van der Waals surface area contributed by atoms with Crippen LogP contribution in [-0.4, -0.2) is 33.7 Å². The molecule has 0 radical (unpaired) electrons. The zero-order chi connectivity index (χ0) is 25.5. The molecule has 10 heteroatoms. The summed E-state index contributed by atoms with van der Waals surface area (Å²) in [5, 5.41) is 4.43. The van der Waals surface area contributed by atoms with Crippen LogP contribution in [0.5, 0.6) is 0 Å². The lowest BCUT2D eigenvalue weighted by atomic mass is 9.92. The van der Waals surface area contributed by atoms with Crippen molar-refractivity contribution >= 4 is 11.6 Å². The minimum absolute atomic E-state index is 0.00314. The van der Waals surface area contributed by atoms with E-state index in [9.17, 15) is 35.9 Å². The highest BCUT2D eigenvalue weighted by Gasteiger charge is 2.47. The van der Waals surface area contributed by atoms with Crippen molar-refractivity contribution in [3.8, 4) is 33.6 Å². The van der Waals surface area contributed by atoms with Crippen molar-refractivity contribution in [3.63, 3.8) is 0 Å². The Balaban J connectivity index is 2.23. The fourth-order valence-electron chi connectivity index (χ4n) is 3.98. The van der Waals surface area contributed by atoms with Crippen LogP contribution in [0.4, 0.5) is 26.3 Å². The molecule has 0 atom stereocenters. The Labute approximate surface area is 195 Å². The highest BCUT2D eigenvalue weighted by Crippen LogP contribution is 2.47. The third-order valence-corrected chi connectivity index (χ3v) is 5.43. The van der Waals surface area contributed by atoms with Gasteiger partial charge >= 0.3 is 12.4 Å². The SMILES string of the molecule is CCn1nc(-c2ccccc2)c2c(C(=O)C(F)(F)F)cc(C(=O)C(F)(F)F)c-2c1-c1ccccc1. The fourth-order valence-corrected chi connectivity index (χ4v) is 3.98. The molecule has 0 spiro atoms. The number of carbonyl (C=O) groups is 2. The Morgan fingerprint density at radius 3 is 1.66 bits per heavy atom. The van der Waals surface area contributed by atoms with E-state index in [4.69, 9.17) is 0 Å². The lowest BCUT2D eigenvalue weighted by Gasteiger charge is -2.21. The molecule has 0 N–H and O–H groups in total. The van der Waals surface area contributed by atoms with Gasteiger partial charge in [-0.2, -0.15) is 31.4 Å². The van der Waals surface area contributed by atoms with Crippen molar-refractivity contribution < 1.29 is 35.9 Å². The van der Waals surface area contributed by atoms with Gasteiger partial charge in [0.1, 0.15) is 0 Å². The standard InChI is InChI=1S/C25H16F6N2O2/c1-2-33-21(15-11-7-4-8-12-15)19-17(23(35)25(29,30)31)13-16(22(34)24(26,27)28)18(19)20(32-33)14-9-5-3-6-10-14/h3-13H,2H2,1H3. The number of hydrogen-bond donors (Lipinski definition) is 0. The number of Topliss-reactive ketones (excluding diaryl/α,β-unsaturated/α-hetero) is 2. The van der Waals surface area contributed by atoms with Gasteiger partial charge in [-0.25, -0.2) is 0 Å². The highest BCUT2D eigenvalue weighted by molar-refractivity contribution is 6.18. The minimum Gasteiger partial charge on any atom is -0.284 e. The Bertz CT molecular complexity index is 1370. The van der Waals surface area contributed by atoms with E-state index in [2.05, 4.69) is 5.10 Å². The molecular weight excluding hydrogens is 474 g/mol. The van der Waals surface area contributed by atoms with E-state index in [1.54, 1.807) is 43.3 Å². The molecule has 1 heterocycles. The molecule has 0 fully saturated rings. The van der Waals surface area contributed by atoms with E-state index in [0.717, 1.165) is 0 Å². The Morgan fingerprint density at radius 2 is 1.20 bits per heavy atom. The van der Waals surface area contributed by atoms with Crippen LogP contribution in [-0.2, 0) is 6.54 Å². The predicted octanol–water partition coefficient (Wildman–Crippen LogP) is 6.83. The summed E-state index contributed by atoms with van der Waals surface area (Å²) in [5.74, 6) is -4.72. The number of ketones is 2. The van der Waals surface area contributed by atoms with Gasteiger partial charge in [0.05, 0.1) is 11.4 Å². The van der Waals surface area contributed by atoms with Crippen LogP contribution in [0.2, 0.25) is 0 Å². The predicted molar refractivity (Wildman–Crippen MR) is 116 cm³/mol. The summed E-state index contributed by atoms with van der Waals surface area (Å²) in [6, 6.07) is 16.1. The summed E-state index contributed by atoms with van der Waals surface area (Å²) in [6.45, 7) is 1.77.